The Bertz CT molecular complexity index is 1360. The summed E-state index contributed by atoms with van der Waals surface area (Å²) in [7, 11) is 3.19. The van der Waals surface area contributed by atoms with Gasteiger partial charge in [0.2, 0.25) is 5.91 Å². The number of aliphatic hydroxyl groups excluding tert-OH is 1. The molecule has 1 saturated heterocycles. The summed E-state index contributed by atoms with van der Waals surface area (Å²) in [5.41, 5.74) is 1.10. The Kier molecular flexibility index (Phi) is 5.68. The lowest BCUT2D eigenvalue weighted by Crippen LogP contribution is -2.50. The Morgan fingerprint density at radius 2 is 2.00 bits per heavy atom. The summed E-state index contributed by atoms with van der Waals surface area (Å²) < 4.78 is 15.4. The van der Waals surface area contributed by atoms with Crippen LogP contribution in [0.5, 0.6) is 0 Å². The maximum atomic E-state index is 13.8. The zero-order chi connectivity index (χ0) is 24.9. The van der Waals surface area contributed by atoms with Gasteiger partial charge < -0.3 is 19.5 Å². The van der Waals surface area contributed by atoms with Crippen molar-refractivity contribution in [3.05, 3.63) is 82.5 Å². The Morgan fingerprint density at radius 1 is 1.20 bits per heavy atom. The first-order valence-corrected chi connectivity index (χ1v) is 11.2. The summed E-state index contributed by atoms with van der Waals surface area (Å²) in [5, 5.41) is 10.3. The van der Waals surface area contributed by atoms with Gasteiger partial charge in [0.25, 0.3) is 11.5 Å². The van der Waals surface area contributed by atoms with Crippen LogP contribution in [0.15, 0.2) is 59.8 Å². The zero-order valence-electron chi connectivity index (χ0n) is 19.2. The number of amides is 2. The molecule has 4 heterocycles. The molecule has 1 N–H and O–H groups in total. The van der Waals surface area contributed by atoms with Gasteiger partial charge in [-0.15, -0.1) is 0 Å². The molecule has 2 amide bonds. The van der Waals surface area contributed by atoms with Crippen LogP contribution in [0.2, 0.25) is 0 Å². The number of nitrogens with zero attached hydrogens (tertiary/aromatic N) is 5. The van der Waals surface area contributed by atoms with Crippen LogP contribution in [-0.4, -0.2) is 68.0 Å². The van der Waals surface area contributed by atoms with Gasteiger partial charge in [-0.2, -0.15) is 0 Å². The van der Waals surface area contributed by atoms with Crippen LogP contribution < -0.4 is 5.56 Å². The van der Waals surface area contributed by atoms with E-state index in [1.54, 1.807) is 36.9 Å². The third-order valence-corrected chi connectivity index (χ3v) is 6.92. The first-order valence-electron chi connectivity index (χ1n) is 11.2. The topological polar surface area (TPSA) is 109 Å². The second kappa shape index (κ2) is 8.70. The van der Waals surface area contributed by atoms with Gasteiger partial charge in [0.15, 0.2) is 0 Å². The molecule has 180 valence electrons. The Balaban J connectivity index is 1.65. The summed E-state index contributed by atoms with van der Waals surface area (Å²) in [5.74, 6) is -2.23. The highest BCUT2D eigenvalue weighted by Crippen LogP contribution is 2.50. The number of rotatable bonds is 4. The smallest absolute Gasteiger partial charge is 0.275 e. The summed E-state index contributed by atoms with van der Waals surface area (Å²) >= 11 is 0. The number of hydrogen-bond donors (Lipinski definition) is 1. The lowest BCUT2D eigenvalue weighted by atomic mass is 9.88. The molecule has 0 unspecified atom stereocenters. The van der Waals surface area contributed by atoms with Crippen molar-refractivity contribution in [1.82, 2.24) is 24.3 Å². The molecule has 0 radical (unpaired) electrons. The molecule has 5 rings (SSSR count). The Morgan fingerprint density at radius 3 is 2.66 bits per heavy atom. The first-order chi connectivity index (χ1) is 16.8. The predicted octanol–water partition coefficient (Wildman–Crippen LogP) is 1.34. The number of pyridine rings is 1. The second-order valence-corrected chi connectivity index (χ2v) is 9.03. The van der Waals surface area contributed by atoms with Crippen molar-refractivity contribution in [1.29, 1.82) is 0 Å². The maximum absolute atomic E-state index is 13.8. The zero-order valence-corrected chi connectivity index (χ0v) is 19.2. The van der Waals surface area contributed by atoms with Crippen LogP contribution in [0.1, 0.15) is 22.2 Å². The summed E-state index contributed by atoms with van der Waals surface area (Å²) in [6.07, 6.45) is 4.17. The van der Waals surface area contributed by atoms with Crippen molar-refractivity contribution < 1.29 is 19.1 Å². The number of aliphatic hydroxyl groups is 1. The fraction of sp³-hybridized carbons (Fsp3) is 0.320. The Hall–Kier alpha value is -3.92. The van der Waals surface area contributed by atoms with E-state index < -0.39 is 29.7 Å². The number of fused-ring (bicyclic) bond motifs is 3. The van der Waals surface area contributed by atoms with Crippen molar-refractivity contribution in [3.8, 4) is 11.1 Å². The highest BCUT2D eigenvalue weighted by Gasteiger charge is 2.58. The van der Waals surface area contributed by atoms with E-state index in [1.807, 2.05) is 0 Å². The van der Waals surface area contributed by atoms with Crippen LogP contribution in [0.3, 0.4) is 0 Å². The van der Waals surface area contributed by atoms with Crippen LogP contribution in [0.25, 0.3) is 11.1 Å². The average molecular weight is 477 g/mol. The quantitative estimate of drug-likeness (QED) is 0.608. The molecule has 1 fully saturated rings. The SMILES string of the molecule is CN(C)C(=O)[C@@H]1[C@@H](CO)[C@@H]2Cn3c(ccc(-c4cccc(F)c4)c3=O)[C@@H]2N1C(=O)c1cnccn1. The van der Waals surface area contributed by atoms with Crippen LogP contribution >= 0.6 is 0 Å². The van der Waals surface area contributed by atoms with Gasteiger partial charge in [0.05, 0.1) is 12.2 Å². The molecule has 9 nitrogen and oxygen atoms in total. The highest BCUT2D eigenvalue weighted by atomic mass is 19.1. The molecule has 0 bridgehead atoms. The average Bonchev–Trinajstić information content (AvgIpc) is 3.38. The van der Waals surface area contributed by atoms with Gasteiger partial charge in [0, 0.05) is 62.7 Å². The number of carbonyl (C=O) groups is 2. The third-order valence-electron chi connectivity index (χ3n) is 6.92. The molecule has 2 aliphatic rings. The predicted molar refractivity (Wildman–Crippen MR) is 124 cm³/mol. The van der Waals surface area contributed by atoms with E-state index >= 15 is 0 Å². The van der Waals surface area contributed by atoms with Crippen LogP contribution in [0.4, 0.5) is 4.39 Å². The number of carbonyl (C=O) groups excluding carboxylic acids is 2. The summed E-state index contributed by atoms with van der Waals surface area (Å²) in [6, 6.07) is 7.61. The minimum Gasteiger partial charge on any atom is -0.396 e. The minimum absolute atomic E-state index is 0.0681. The molecule has 2 aliphatic heterocycles. The molecule has 0 spiro atoms. The van der Waals surface area contributed by atoms with E-state index in [1.165, 1.54) is 46.6 Å². The van der Waals surface area contributed by atoms with Gasteiger partial charge in [-0.25, -0.2) is 9.37 Å². The van der Waals surface area contributed by atoms with Crippen molar-refractivity contribution in [3.63, 3.8) is 0 Å². The van der Waals surface area contributed by atoms with Gasteiger partial charge in [-0.1, -0.05) is 12.1 Å². The molecule has 2 aromatic heterocycles. The van der Waals surface area contributed by atoms with Crippen LogP contribution in [-0.2, 0) is 11.3 Å². The monoisotopic (exact) mass is 477 g/mol. The van der Waals surface area contributed by atoms with Crippen molar-refractivity contribution >= 4 is 11.8 Å². The van der Waals surface area contributed by atoms with E-state index in [0.29, 0.717) is 16.8 Å². The normalized spacial score (nSPS) is 22.6. The number of halogens is 1. The van der Waals surface area contributed by atoms with Crippen molar-refractivity contribution in [2.24, 2.45) is 11.8 Å². The molecular weight excluding hydrogens is 453 g/mol. The van der Waals surface area contributed by atoms with Gasteiger partial charge in [-0.05, 0) is 29.8 Å². The van der Waals surface area contributed by atoms with E-state index in [4.69, 9.17) is 0 Å². The van der Waals surface area contributed by atoms with Gasteiger partial charge >= 0.3 is 0 Å². The molecule has 4 atom stereocenters. The summed E-state index contributed by atoms with van der Waals surface area (Å²) in [6.45, 7) is -0.121. The van der Waals surface area contributed by atoms with Gasteiger partial charge in [-0.3, -0.25) is 19.4 Å². The largest absolute Gasteiger partial charge is 0.396 e. The lowest BCUT2D eigenvalue weighted by Gasteiger charge is -2.32. The molecule has 0 saturated carbocycles. The highest BCUT2D eigenvalue weighted by molar-refractivity contribution is 5.97. The number of likely N-dealkylation sites (tertiary alicyclic amines) is 1. The van der Waals surface area contributed by atoms with E-state index in [9.17, 15) is 23.9 Å². The fourth-order valence-electron chi connectivity index (χ4n) is 5.37. The molecule has 35 heavy (non-hydrogen) atoms. The Labute approximate surface area is 200 Å². The standard InChI is InChI=1S/C25H24FN5O4/c1-29(2)25(35)22-18(13-32)17-12-30-20(21(17)31(22)24(34)19-11-27-8-9-28-19)7-6-16(23(30)33)14-4-3-5-15(26)10-14/h3-11,17-18,21-22,32H,12-13H2,1-2H3/t17-,18-,21+,22-/m0/s1. The fourth-order valence-corrected chi connectivity index (χ4v) is 5.37. The molecule has 3 aromatic rings. The second-order valence-electron chi connectivity index (χ2n) is 9.03. The van der Waals surface area contributed by atoms with Crippen molar-refractivity contribution in [2.45, 2.75) is 18.6 Å². The van der Waals surface area contributed by atoms with Gasteiger partial charge in [0.1, 0.15) is 17.6 Å². The number of benzene rings is 1. The third kappa shape index (κ3) is 3.61. The maximum Gasteiger partial charge on any atom is 0.275 e. The van der Waals surface area contributed by atoms with Crippen LogP contribution in [0, 0.1) is 17.7 Å². The molecule has 10 heteroatoms. The first kappa shape index (κ1) is 22.9. The van der Waals surface area contributed by atoms with Crippen molar-refractivity contribution in [2.75, 3.05) is 20.7 Å². The molecule has 0 aliphatic carbocycles. The molecule has 1 aromatic carbocycles. The minimum atomic E-state index is -0.925. The number of aromatic nitrogens is 3. The van der Waals surface area contributed by atoms with E-state index in [-0.39, 0.29) is 36.2 Å². The van der Waals surface area contributed by atoms with E-state index in [2.05, 4.69) is 9.97 Å². The number of likely N-dealkylation sites (N-methyl/N-ethyl adjacent to an activating group) is 1. The lowest BCUT2D eigenvalue weighted by molar-refractivity contribution is -0.134. The summed E-state index contributed by atoms with van der Waals surface area (Å²) in [4.78, 5) is 51.3. The number of hydrogen-bond acceptors (Lipinski definition) is 6. The molecular formula is C25H24FN5O4. The van der Waals surface area contributed by atoms with E-state index in [0.717, 1.165) is 0 Å².